The number of aromatic nitrogens is 5. The van der Waals surface area contributed by atoms with Crippen LogP contribution in [0.1, 0.15) is 99.6 Å². The van der Waals surface area contributed by atoms with Gasteiger partial charge in [-0.05, 0) is 75.3 Å². The van der Waals surface area contributed by atoms with Crippen LogP contribution in [-0.4, -0.2) is 31.3 Å². The lowest BCUT2D eigenvalue weighted by Crippen LogP contribution is -2.67. The second-order valence-corrected chi connectivity index (χ2v) is 11.6. The molecule has 3 aromatic rings. The SMILES string of the molecule is Cc1ccc2c(C34CC(C(C)C)(C3)C4)nc([C@@H]3CCO[C@H](c4cnn(C5CC5)c4)C3)nc2n1. The van der Waals surface area contributed by atoms with E-state index in [9.17, 15) is 0 Å². The first-order chi connectivity index (χ1) is 15.9. The average Bonchev–Trinajstić information content (AvgIpc) is 3.47. The summed E-state index contributed by atoms with van der Waals surface area (Å²) in [6.07, 6.45) is 12.4. The molecule has 33 heavy (non-hydrogen) atoms. The second-order valence-electron chi connectivity index (χ2n) is 11.6. The highest BCUT2D eigenvalue weighted by Crippen LogP contribution is 2.76. The Kier molecular flexibility index (Phi) is 4.16. The van der Waals surface area contributed by atoms with E-state index in [1.54, 1.807) is 0 Å². The Balaban J connectivity index is 1.22. The standard InChI is InChI=1S/C27H33N5O/c1-16(2)26-13-27(14-26,15-26)23-21-7-4-17(3)29-25(21)31-24(30-23)18-8-9-33-22(10-18)19-11-28-32(12-19)20-5-6-20/h4,7,11-12,16,18,20,22H,5-6,8-10,13-15H2,1-3H3/t18-,22+,26?,27?/m1/s1. The lowest BCUT2D eigenvalue weighted by atomic mass is 9.31. The summed E-state index contributed by atoms with van der Waals surface area (Å²) < 4.78 is 8.31. The fourth-order valence-electron chi connectivity index (χ4n) is 6.76. The maximum absolute atomic E-state index is 6.19. The van der Waals surface area contributed by atoms with Gasteiger partial charge in [-0.3, -0.25) is 4.68 Å². The van der Waals surface area contributed by atoms with E-state index in [4.69, 9.17) is 19.7 Å². The molecule has 172 valence electrons. The van der Waals surface area contributed by atoms with Crippen LogP contribution in [0.2, 0.25) is 0 Å². The molecule has 6 heteroatoms. The van der Waals surface area contributed by atoms with Gasteiger partial charge in [-0.15, -0.1) is 0 Å². The van der Waals surface area contributed by atoms with Crippen LogP contribution in [0.4, 0.5) is 0 Å². The molecule has 8 rings (SSSR count). The normalized spacial score (nSPS) is 33.2. The predicted molar refractivity (Wildman–Crippen MR) is 126 cm³/mol. The minimum Gasteiger partial charge on any atom is -0.373 e. The summed E-state index contributed by atoms with van der Waals surface area (Å²) in [7, 11) is 0. The van der Waals surface area contributed by atoms with Crippen LogP contribution in [0, 0.1) is 18.3 Å². The maximum atomic E-state index is 6.19. The van der Waals surface area contributed by atoms with Crippen molar-refractivity contribution in [2.24, 2.45) is 11.3 Å². The fourth-order valence-corrected chi connectivity index (χ4v) is 6.76. The minimum atomic E-state index is 0.0728. The molecule has 6 nitrogen and oxygen atoms in total. The van der Waals surface area contributed by atoms with E-state index in [0.717, 1.165) is 47.9 Å². The molecule has 5 aliphatic rings. The van der Waals surface area contributed by atoms with E-state index < -0.39 is 0 Å². The summed E-state index contributed by atoms with van der Waals surface area (Å²) in [6, 6.07) is 4.92. The van der Waals surface area contributed by atoms with Crippen molar-refractivity contribution in [3.05, 3.63) is 47.3 Å². The van der Waals surface area contributed by atoms with Crippen LogP contribution in [0.5, 0.6) is 0 Å². The Labute approximate surface area is 195 Å². The molecule has 2 atom stereocenters. The summed E-state index contributed by atoms with van der Waals surface area (Å²) in [5.41, 5.74) is 5.14. The lowest BCUT2D eigenvalue weighted by molar-refractivity contribution is -0.173. The van der Waals surface area contributed by atoms with Crippen LogP contribution in [0.25, 0.3) is 11.0 Å². The van der Waals surface area contributed by atoms with E-state index in [0.29, 0.717) is 17.4 Å². The summed E-state index contributed by atoms with van der Waals surface area (Å²) in [4.78, 5) is 15.2. The van der Waals surface area contributed by atoms with Gasteiger partial charge in [0.1, 0.15) is 5.82 Å². The Hall–Kier alpha value is -2.34. The molecule has 0 N–H and O–H groups in total. The van der Waals surface area contributed by atoms with Gasteiger partial charge in [0.15, 0.2) is 5.65 Å². The van der Waals surface area contributed by atoms with Gasteiger partial charge in [0.05, 0.1) is 24.0 Å². The van der Waals surface area contributed by atoms with Crippen molar-refractivity contribution in [3.63, 3.8) is 0 Å². The number of rotatable bonds is 5. The Morgan fingerprint density at radius 1 is 1.06 bits per heavy atom. The average molecular weight is 444 g/mol. The smallest absolute Gasteiger partial charge is 0.163 e. The van der Waals surface area contributed by atoms with Crippen molar-refractivity contribution >= 4 is 11.0 Å². The molecule has 3 aromatic heterocycles. The number of hydrogen-bond donors (Lipinski definition) is 0. The lowest BCUT2D eigenvalue weighted by Gasteiger charge is -2.72. The Morgan fingerprint density at radius 2 is 1.88 bits per heavy atom. The van der Waals surface area contributed by atoms with Crippen molar-refractivity contribution in [2.45, 2.75) is 89.2 Å². The highest BCUT2D eigenvalue weighted by molar-refractivity contribution is 5.79. The van der Waals surface area contributed by atoms with E-state index in [1.165, 1.54) is 43.4 Å². The molecule has 4 saturated carbocycles. The molecule has 2 bridgehead atoms. The number of hydrogen-bond acceptors (Lipinski definition) is 5. The molecule has 4 aliphatic carbocycles. The number of aryl methyl sites for hydroxylation is 1. The number of nitrogens with zero attached hydrogens (tertiary/aromatic N) is 5. The minimum absolute atomic E-state index is 0.0728. The van der Waals surface area contributed by atoms with Gasteiger partial charge in [0.2, 0.25) is 0 Å². The highest BCUT2D eigenvalue weighted by atomic mass is 16.5. The molecule has 0 spiro atoms. The first kappa shape index (κ1) is 20.1. The van der Waals surface area contributed by atoms with Gasteiger partial charge in [0.25, 0.3) is 0 Å². The topological polar surface area (TPSA) is 65.7 Å². The molecular formula is C27H33N5O. The quantitative estimate of drug-likeness (QED) is 0.515. The van der Waals surface area contributed by atoms with Crippen LogP contribution < -0.4 is 0 Å². The highest BCUT2D eigenvalue weighted by Gasteiger charge is 2.70. The molecule has 1 aliphatic heterocycles. The zero-order valence-electron chi connectivity index (χ0n) is 19.9. The number of pyridine rings is 1. The molecule has 4 heterocycles. The third-order valence-corrected chi connectivity index (χ3v) is 9.08. The molecule has 0 aromatic carbocycles. The molecule has 0 amide bonds. The van der Waals surface area contributed by atoms with Gasteiger partial charge >= 0.3 is 0 Å². The van der Waals surface area contributed by atoms with Crippen molar-refractivity contribution in [3.8, 4) is 0 Å². The summed E-state index contributed by atoms with van der Waals surface area (Å²) >= 11 is 0. The van der Waals surface area contributed by atoms with Crippen molar-refractivity contribution in [1.29, 1.82) is 0 Å². The third kappa shape index (κ3) is 3.02. The monoisotopic (exact) mass is 443 g/mol. The van der Waals surface area contributed by atoms with Crippen molar-refractivity contribution < 1.29 is 4.74 Å². The van der Waals surface area contributed by atoms with E-state index in [2.05, 4.69) is 48.9 Å². The first-order valence-corrected chi connectivity index (χ1v) is 12.8. The van der Waals surface area contributed by atoms with Gasteiger partial charge < -0.3 is 4.74 Å². The molecule has 5 fully saturated rings. The van der Waals surface area contributed by atoms with Crippen LogP contribution in [0.3, 0.4) is 0 Å². The predicted octanol–water partition coefficient (Wildman–Crippen LogP) is 5.58. The molecule has 0 radical (unpaired) electrons. The van der Waals surface area contributed by atoms with Gasteiger partial charge in [-0.25, -0.2) is 15.0 Å². The van der Waals surface area contributed by atoms with Gasteiger partial charge in [-0.1, -0.05) is 13.8 Å². The zero-order chi connectivity index (χ0) is 22.4. The summed E-state index contributed by atoms with van der Waals surface area (Å²) in [5.74, 6) is 2.02. The second kappa shape index (κ2) is 6.84. The van der Waals surface area contributed by atoms with Crippen LogP contribution >= 0.6 is 0 Å². The number of ether oxygens (including phenoxy) is 1. The summed E-state index contributed by atoms with van der Waals surface area (Å²) in [5, 5.41) is 5.75. The fraction of sp³-hybridized carbons (Fsp3) is 0.630. The maximum Gasteiger partial charge on any atom is 0.163 e. The van der Waals surface area contributed by atoms with E-state index >= 15 is 0 Å². The largest absolute Gasteiger partial charge is 0.373 e. The molecule has 0 unspecified atom stereocenters. The van der Waals surface area contributed by atoms with Crippen LogP contribution in [-0.2, 0) is 10.2 Å². The Bertz CT molecular complexity index is 1220. The summed E-state index contributed by atoms with van der Waals surface area (Å²) in [6.45, 7) is 7.55. The van der Waals surface area contributed by atoms with Crippen LogP contribution in [0.15, 0.2) is 24.5 Å². The molecular weight excluding hydrogens is 410 g/mol. The van der Waals surface area contributed by atoms with Crippen molar-refractivity contribution in [2.75, 3.05) is 6.61 Å². The zero-order valence-corrected chi connectivity index (χ0v) is 19.9. The van der Waals surface area contributed by atoms with Crippen molar-refractivity contribution in [1.82, 2.24) is 24.7 Å². The first-order valence-electron chi connectivity index (χ1n) is 12.8. The Morgan fingerprint density at radius 3 is 2.64 bits per heavy atom. The van der Waals surface area contributed by atoms with Gasteiger partial charge in [-0.2, -0.15) is 5.10 Å². The number of fused-ring (bicyclic) bond motifs is 1. The van der Waals surface area contributed by atoms with Gasteiger partial charge in [0, 0.05) is 40.8 Å². The van der Waals surface area contributed by atoms with E-state index in [1.807, 2.05) is 6.20 Å². The van der Waals surface area contributed by atoms with E-state index in [-0.39, 0.29) is 11.5 Å². The molecule has 1 saturated heterocycles. The third-order valence-electron chi connectivity index (χ3n) is 9.08.